The average Bonchev–Trinajstić information content (AvgIpc) is 4.07. The monoisotopic (exact) mass is 813 g/mol. The van der Waals surface area contributed by atoms with Crippen molar-refractivity contribution in [1.82, 2.24) is 35.7 Å². The number of likely N-dealkylation sites (tertiary alicyclic amines) is 2. The molecule has 4 aromatic rings. The molecule has 0 saturated carbocycles. The van der Waals surface area contributed by atoms with Gasteiger partial charge in [0.2, 0.25) is 11.8 Å². The van der Waals surface area contributed by atoms with Crippen LogP contribution < -0.4 is 16.0 Å². The Morgan fingerprint density at radius 1 is 0.763 bits per heavy atom. The zero-order chi connectivity index (χ0) is 42.2. The molecule has 0 aliphatic carbocycles. The van der Waals surface area contributed by atoms with Crippen LogP contribution in [0, 0.1) is 0 Å². The Labute approximate surface area is 343 Å². The van der Waals surface area contributed by atoms with E-state index in [0.29, 0.717) is 31.0 Å². The Balaban J connectivity index is 1.08. The SMILES string of the molecule is COC(=O)N[C@H](C(=O)N1CCC[C@H]1CNC(O)c1ccc2cc(-c3ccc(-c4cnc([C@@H]5CCCN5C(=O)[C@@H](NC(=O)OC)[C@@H](C)OC)[nH]4)cc3)ccc2c1)[C@@H](C)OC. The summed E-state index contributed by atoms with van der Waals surface area (Å²) in [5.74, 6) is 0.169. The van der Waals surface area contributed by atoms with Crippen LogP contribution in [0.1, 0.15) is 63.2 Å². The third-order valence-electron chi connectivity index (χ3n) is 11.5. The van der Waals surface area contributed by atoms with E-state index < -0.39 is 42.7 Å². The van der Waals surface area contributed by atoms with Gasteiger partial charge in [-0.2, -0.15) is 0 Å². The molecule has 2 fully saturated rings. The largest absolute Gasteiger partial charge is 0.453 e. The number of ether oxygens (including phenoxy) is 4. The Bertz CT molecular complexity index is 2090. The number of carbonyl (C=O) groups excluding carboxylic acids is 4. The Hall–Kier alpha value is -5.55. The van der Waals surface area contributed by atoms with E-state index in [0.717, 1.165) is 58.8 Å². The molecule has 59 heavy (non-hydrogen) atoms. The van der Waals surface area contributed by atoms with E-state index in [1.54, 1.807) is 29.8 Å². The summed E-state index contributed by atoms with van der Waals surface area (Å²) in [6.45, 7) is 4.89. The van der Waals surface area contributed by atoms with Crippen LogP contribution in [-0.2, 0) is 28.5 Å². The first-order chi connectivity index (χ1) is 28.5. The van der Waals surface area contributed by atoms with Gasteiger partial charge >= 0.3 is 12.2 Å². The van der Waals surface area contributed by atoms with Crippen LogP contribution in [0.5, 0.6) is 0 Å². The second-order valence-electron chi connectivity index (χ2n) is 15.0. The van der Waals surface area contributed by atoms with Crippen molar-refractivity contribution in [2.45, 2.75) is 82.1 Å². The molecule has 1 aromatic heterocycles. The van der Waals surface area contributed by atoms with Gasteiger partial charge in [-0.25, -0.2) is 14.6 Å². The Morgan fingerprint density at radius 3 is 1.97 bits per heavy atom. The van der Waals surface area contributed by atoms with Crippen LogP contribution in [0.4, 0.5) is 9.59 Å². The maximum Gasteiger partial charge on any atom is 0.407 e. The van der Waals surface area contributed by atoms with Crippen molar-refractivity contribution in [2.24, 2.45) is 0 Å². The van der Waals surface area contributed by atoms with Gasteiger partial charge in [-0.1, -0.05) is 48.5 Å². The average molecular weight is 814 g/mol. The zero-order valence-electron chi connectivity index (χ0n) is 34.4. The number of hydrogen-bond donors (Lipinski definition) is 5. The third kappa shape index (κ3) is 9.84. The van der Waals surface area contributed by atoms with Crippen LogP contribution in [-0.4, -0.2) is 127 Å². The number of aromatic nitrogens is 2. The summed E-state index contributed by atoms with van der Waals surface area (Å²) in [6.07, 6.45) is 1.40. The quantitative estimate of drug-likeness (QED) is 0.105. The molecule has 3 aromatic carbocycles. The molecule has 0 spiro atoms. The van der Waals surface area contributed by atoms with Crippen LogP contribution in [0.3, 0.4) is 0 Å². The highest BCUT2D eigenvalue weighted by atomic mass is 16.5. The molecule has 2 saturated heterocycles. The minimum atomic E-state index is -0.953. The molecular weight excluding hydrogens is 759 g/mol. The standard InChI is InChI=1S/C43H55N7O9/c1-25(56-3)36(47-42(54)58-5)40(52)49-19-7-9-33(49)23-45-39(51)32-18-17-30-21-29(15-16-31(30)22-32)27-11-13-28(14-12-27)34-24-44-38(46-34)35-10-8-20-50(35)41(53)37(26(2)57-4)48-43(55)59-6/h11-18,21-22,24-26,33,35-37,39,45,51H,7-10,19-20,23H2,1-6H3,(H,44,46)(H,47,54)(H,48,55)/t25-,26-,33+,35+,36+,37+,39?/m1/s1. The lowest BCUT2D eigenvalue weighted by Gasteiger charge is -2.31. The van der Waals surface area contributed by atoms with Gasteiger partial charge in [0.1, 0.15) is 24.1 Å². The summed E-state index contributed by atoms with van der Waals surface area (Å²) < 4.78 is 20.2. The fourth-order valence-corrected chi connectivity index (χ4v) is 7.89. The minimum Gasteiger partial charge on any atom is -0.453 e. The maximum absolute atomic E-state index is 13.6. The lowest BCUT2D eigenvalue weighted by Crippen LogP contribution is -2.56. The molecule has 0 bridgehead atoms. The number of amides is 4. The van der Waals surface area contributed by atoms with Crippen molar-refractivity contribution in [3.8, 4) is 22.4 Å². The van der Waals surface area contributed by atoms with Gasteiger partial charge in [-0.3, -0.25) is 14.9 Å². The van der Waals surface area contributed by atoms with Crippen LogP contribution >= 0.6 is 0 Å². The zero-order valence-corrected chi connectivity index (χ0v) is 34.4. The van der Waals surface area contributed by atoms with Crippen LogP contribution in [0.25, 0.3) is 33.2 Å². The molecule has 2 aliphatic heterocycles. The van der Waals surface area contributed by atoms with E-state index in [-0.39, 0.29) is 23.9 Å². The van der Waals surface area contributed by atoms with Crippen molar-refractivity contribution < 1.29 is 43.2 Å². The number of H-pyrrole nitrogens is 1. The summed E-state index contributed by atoms with van der Waals surface area (Å²) in [7, 11) is 5.48. The summed E-state index contributed by atoms with van der Waals surface area (Å²) >= 11 is 0. The van der Waals surface area contributed by atoms with Crippen molar-refractivity contribution in [2.75, 3.05) is 48.1 Å². The maximum atomic E-state index is 13.6. The van der Waals surface area contributed by atoms with E-state index in [9.17, 15) is 24.3 Å². The van der Waals surface area contributed by atoms with E-state index in [4.69, 9.17) is 18.9 Å². The number of fused-ring (bicyclic) bond motifs is 1. The van der Waals surface area contributed by atoms with Gasteiger partial charge in [0.15, 0.2) is 0 Å². The third-order valence-corrected chi connectivity index (χ3v) is 11.5. The fourth-order valence-electron chi connectivity index (χ4n) is 7.89. The molecule has 16 nitrogen and oxygen atoms in total. The summed E-state index contributed by atoms with van der Waals surface area (Å²) in [4.78, 5) is 62.6. The van der Waals surface area contributed by atoms with Crippen LogP contribution in [0.15, 0.2) is 66.9 Å². The number of nitrogens with one attached hydrogen (secondary N) is 4. The number of carbonyl (C=O) groups is 4. The molecule has 0 radical (unpaired) electrons. The summed E-state index contributed by atoms with van der Waals surface area (Å²) in [5, 5.41) is 21.5. The van der Waals surface area contributed by atoms with Crippen molar-refractivity contribution in [3.63, 3.8) is 0 Å². The molecule has 4 amide bonds. The van der Waals surface area contributed by atoms with Crippen molar-refractivity contribution in [3.05, 3.63) is 78.2 Å². The van der Waals surface area contributed by atoms with Gasteiger partial charge in [-0.05, 0) is 84.7 Å². The predicted octanol–water partition coefficient (Wildman–Crippen LogP) is 4.65. The van der Waals surface area contributed by atoms with E-state index in [1.807, 2.05) is 36.4 Å². The van der Waals surface area contributed by atoms with Gasteiger partial charge < -0.3 is 49.5 Å². The first-order valence-corrected chi connectivity index (χ1v) is 19.9. The first kappa shape index (κ1) is 43.0. The molecular formula is C43H55N7O9. The Kier molecular flexibility index (Phi) is 14.2. The number of nitrogens with zero attached hydrogens (tertiary/aromatic N) is 3. The van der Waals surface area contributed by atoms with E-state index >= 15 is 0 Å². The number of hydrogen-bond acceptors (Lipinski definition) is 11. The van der Waals surface area contributed by atoms with Crippen molar-refractivity contribution in [1.29, 1.82) is 0 Å². The second-order valence-corrected chi connectivity index (χ2v) is 15.0. The molecule has 16 heteroatoms. The van der Waals surface area contributed by atoms with Gasteiger partial charge in [0, 0.05) is 39.9 Å². The highest BCUT2D eigenvalue weighted by Gasteiger charge is 2.39. The molecule has 6 rings (SSSR count). The first-order valence-electron chi connectivity index (χ1n) is 19.9. The molecule has 3 heterocycles. The molecule has 5 N–H and O–H groups in total. The molecule has 316 valence electrons. The number of methoxy groups -OCH3 is 4. The molecule has 7 atom stereocenters. The fraction of sp³-hybridized carbons (Fsp3) is 0.465. The summed E-state index contributed by atoms with van der Waals surface area (Å²) in [6, 6.07) is 18.0. The Morgan fingerprint density at radius 2 is 1.32 bits per heavy atom. The summed E-state index contributed by atoms with van der Waals surface area (Å²) in [5.41, 5.74) is 4.54. The van der Waals surface area contributed by atoms with E-state index in [2.05, 4.69) is 50.2 Å². The highest BCUT2D eigenvalue weighted by Crippen LogP contribution is 2.34. The van der Waals surface area contributed by atoms with Gasteiger partial charge in [0.05, 0.1) is 44.4 Å². The number of benzene rings is 3. The molecule has 2 aliphatic rings. The van der Waals surface area contributed by atoms with E-state index in [1.165, 1.54) is 28.4 Å². The predicted molar refractivity (Wildman–Crippen MR) is 220 cm³/mol. The number of aliphatic hydroxyl groups is 1. The second kappa shape index (κ2) is 19.5. The number of imidazole rings is 1. The van der Waals surface area contributed by atoms with Gasteiger partial charge in [0.25, 0.3) is 0 Å². The number of aliphatic hydroxyl groups excluding tert-OH is 1. The highest BCUT2D eigenvalue weighted by molar-refractivity contribution is 5.89. The smallest absolute Gasteiger partial charge is 0.407 e. The minimum absolute atomic E-state index is 0.164. The number of aromatic amines is 1. The lowest BCUT2D eigenvalue weighted by molar-refractivity contribution is -0.138. The van der Waals surface area contributed by atoms with Crippen molar-refractivity contribution >= 4 is 34.8 Å². The van der Waals surface area contributed by atoms with Gasteiger partial charge in [-0.15, -0.1) is 0 Å². The topological polar surface area (TPSA) is 197 Å². The number of alkyl carbamates (subject to hydrolysis) is 2. The lowest BCUT2D eigenvalue weighted by atomic mass is 9.98. The van der Waals surface area contributed by atoms with Crippen LogP contribution in [0.2, 0.25) is 0 Å². The normalized spacial score (nSPS) is 19.2. The number of rotatable bonds is 15. The molecule has 1 unspecified atom stereocenters.